The molecule has 1 unspecified atom stereocenters. The normalized spacial score (nSPS) is 17.6. The highest BCUT2D eigenvalue weighted by Gasteiger charge is 2.37. The summed E-state index contributed by atoms with van der Waals surface area (Å²) in [5, 5.41) is 10.2. The summed E-state index contributed by atoms with van der Waals surface area (Å²) in [5.74, 6) is -1.09. The second-order valence-corrected chi connectivity index (χ2v) is 9.20. The number of cyclic esters (lactones) is 1. The largest absolute Gasteiger partial charge is 0.512 e. The van der Waals surface area contributed by atoms with Gasteiger partial charge in [0.2, 0.25) is 0 Å². The molecule has 0 saturated carbocycles. The average Bonchev–Trinajstić information content (AvgIpc) is 2.60. The number of carbonyl (C=O) groups is 1. The number of rotatable bonds is 5. The smallest absolute Gasteiger partial charge is 0.338 e. The zero-order valence-corrected chi connectivity index (χ0v) is 17.2. The van der Waals surface area contributed by atoms with E-state index in [1.807, 2.05) is 0 Å². The van der Waals surface area contributed by atoms with Crippen molar-refractivity contribution in [3.63, 3.8) is 0 Å². The number of aliphatic hydroxyl groups is 1. The highest BCUT2D eigenvalue weighted by atomic mass is 32.2. The molecule has 1 aromatic heterocycles. The minimum Gasteiger partial charge on any atom is -0.512 e. The molecule has 0 aliphatic carbocycles. The van der Waals surface area contributed by atoms with E-state index in [0.717, 1.165) is 0 Å². The number of aliphatic hydroxyl groups excluding tert-OH is 1. The highest BCUT2D eigenvalue weighted by molar-refractivity contribution is 7.92. The van der Waals surface area contributed by atoms with Crippen LogP contribution >= 0.6 is 0 Å². The van der Waals surface area contributed by atoms with Crippen LogP contribution in [0, 0.1) is 0 Å². The molecule has 0 radical (unpaired) electrons. The molecule has 2 aromatic rings. The number of anilines is 2. The van der Waals surface area contributed by atoms with Gasteiger partial charge in [-0.2, -0.15) is 8.42 Å². The lowest BCUT2D eigenvalue weighted by Crippen LogP contribution is -2.35. The maximum absolute atomic E-state index is 12.5. The highest BCUT2D eigenvalue weighted by Crippen LogP contribution is 2.36. The van der Waals surface area contributed by atoms with E-state index < -0.39 is 27.5 Å². The van der Waals surface area contributed by atoms with Gasteiger partial charge in [-0.3, -0.25) is 4.72 Å². The first-order valence-electron chi connectivity index (χ1n) is 8.98. The van der Waals surface area contributed by atoms with Crippen LogP contribution in [0.4, 0.5) is 11.4 Å². The van der Waals surface area contributed by atoms with Crippen molar-refractivity contribution in [2.75, 3.05) is 10.5 Å². The van der Waals surface area contributed by atoms with Crippen LogP contribution in [0.25, 0.3) is 0 Å². The molecular weight excluding hydrogens is 394 g/mol. The molecule has 29 heavy (non-hydrogen) atoms. The third kappa shape index (κ3) is 4.51. The molecule has 1 aromatic carbocycles. The average molecular weight is 417 g/mol. The Kier molecular flexibility index (Phi) is 5.27. The van der Waals surface area contributed by atoms with Crippen LogP contribution in [0.1, 0.15) is 38.7 Å². The second-order valence-electron chi connectivity index (χ2n) is 7.57. The number of hydrogen-bond donors (Lipinski definition) is 3. The number of nitrogens with zero attached hydrogens (tertiary/aromatic N) is 1. The summed E-state index contributed by atoms with van der Waals surface area (Å²) in [6.07, 6.45) is 1.48. The molecule has 0 amide bonds. The number of nitrogens with two attached hydrogens (primary N) is 1. The first kappa shape index (κ1) is 20.7. The van der Waals surface area contributed by atoms with E-state index >= 15 is 0 Å². The predicted molar refractivity (Wildman–Crippen MR) is 109 cm³/mol. The number of benzene rings is 1. The Balaban J connectivity index is 1.88. The summed E-state index contributed by atoms with van der Waals surface area (Å²) in [7, 11) is -3.90. The Morgan fingerprint density at radius 2 is 2.00 bits per heavy atom. The SMILES string of the molecule is CC(C1=C(O)CC(C)(C)OC1=O)c1cccc(NS(=O)(=O)c2ccc(N)cn2)c1. The monoisotopic (exact) mass is 417 g/mol. The molecule has 0 fully saturated rings. The van der Waals surface area contributed by atoms with Crippen molar-refractivity contribution in [2.24, 2.45) is 0 Å². The number of nitrogen functional groups attached to an aromatic ring is 1. The standard InChI is InChI=1S/C20H23N3O5S/c1-12(18-16(24)10-20(2,3)28-19(18)25)13-5-4-6-15(9-13)23-29(26,27)17-8-7-14(21)11-22-17/h4-9,11-12,23-24H,10,21H2,1-3H3. The quantitative estimate of drug-likeness (QED) is 0.637. The predicted octanol–water partition coefficient (Wildman–Crippen LogP) is 3.11. The molecular formula is C20H23N3O5S. The second kappa shape index (κ2) is 7.40. The van der Waals surface area contributed by atoms with Crippen molar-refractivity contribution in [1.82, 2.24) is 4.98 Å². The summed E-state index contributed by atoms with van der Waals surface area (Å²) in [4.78, 5) is 16.2. The first-order chi connectivity index (χ1) is 13.5. The van der Waals surface area contributed by atoms with Gasteiger partial charge in [0.05, 0.1) is 17.5 Å². The van der Waals surface area contributed by atoms with Gasteiger partial charge in [-0.05, 0) is 43.7 Å². The molecule has 1 aliphatic rings. The van der Waals surface area contributed by atoms with Crippen LogP contribution in [0.2, 0.25) is 0 Å². The van der Waals surface area contributed by atoms with Gasteiger partial charge < -0.3 is 15.6 Å². The van der Waals surface area contributed by atoms with E-state index in [-0.39, 0.29) is 22.8 Å². The number of carbonyl (C=O) groups excluding carboxylic acids is 1. The molecule has 9 heteroatoms. The topological polar surface area (TPSA) is 132 Å². The van der Waals surface area contributed by atoms with E-state index in [9.17, 15) is 18.3 Å². The van der Waals surface area contributed by atoms with Gasteiger partial charge in [0, 0.05) is 18.0 Å². The van der Waals surface area contributed by atoms with E-state index in [2.05, 4.69) is 9.71 Å². The minimum atomic E-state index is -3.90. The molecule has 4 N–H and O–H groups in total. The molecule has 8 nitrogen and oxygen atoms in total. The Labute approximate surface area is 169 Å². The number of ether oxygens (including phenoxy) is 1. The van der Waals surface area contributed by atoms with Gasteiger partial charge in [0.25, 0.3) is 10.0 Å². The summed E-state index contributed by atoms with van der Waals surface area (Å²) in [6, 6.07) is 9.36. The molecule has 1 atom stereocenters. The maximum atomic E-state index is 12.5. The van der Waals surface area contributed by atoms with Crippen LogP contribution in [-0.2, 0) is 19.6 Å². The van der Waals surface area contributed by atoms with Gasteiger partial charge in [0.1, 0.15) is 11.4 Å². The van der Waals surface area contributed by atoms with Crippen molar-refractivity contribution < 1.29 is 23.1 Å². The number of hydrogen-bond acceptors (Lipinski definition) is 7. The minimum absolute atomic E-state index is 0.0178. The lowest BCUT2D eigenvalue weighted by atomic mass is 9.87. The molecule has 0 saturated heterocycles. The first-order valence-corrected chi connectivity index (χ1v) is 10.5. The van der Waals surface area contributed by atoms with Gasteiger partial charge in [-0.15, -0.1) is 0 Å². The Bertz CT molecular complexity index is 1080. The van der Waals surface area contributed by atoms with Gasteiger partial charge in [0.15, 0.2) is 5.03 Å². The third-order valence-corrected chi connectivity index (χ3v) is 5.90. The van der Waals surface area contributed by atoms with Crippen molar-refractivity contribution in [3.05, 3.63) is 59.5 Å². The summed E-state index contributed by atoms with van der Waals surface area (Å²) in [5.41, 5.74) is 6.25. The Morgan fingerprint density at radius 1 is 1.28 bits per heavy atom. The molecule has 1 aliphatic heterocycles. The Morgan fingerprint density at radius 3 is 2.62 bits per heavy atom. The number of nitrogens with one attached hydrogen (secondary N) is 1. The zero-order valence-electron chi connectivity index (χ0n) is 16.3. The lowest BCUT2D eigenvalue weighted by Gasteiger charge is -2.32. The van der Waals surface area contributed by atoms with E-state index in [0.29, 0.717) is 16.9 Å². The fourth-order valence-electron chi connectivity index (χ4n) is 3.18. The summed E-state index contributed by atoms with van der Waals surface area (Å²) in [6.45, 7) is 5.20. The van der Waals surface area contributed by atoms with Crippen LogP contribution in [0.15, 0.2) is 59.0 Å². The molecule has 154 valence electrons. The molecule has 3 rings (SSSR count). The van der Waals surface area contributed by atoms with E-state index in [1.165, 1.54) is 18.3 Å². The number of esters is 1. The van der Waals surface area contributed by atoms with Crippen molar-refractivity contribution in [3.8, 4) is 0 Å². The maximum Gasteiger partial charge on any atom is 0.338 e. The fourth-order valence-corrected chi connectivity index (χ4v) is 4.16. The number of sulfonamides is 1. The van der Waals surface area contributed by atoms with Gasteiger partial charge in [-0.1, -0.05) is 19.1 Å². The molecule has 0 bridgehead atoms. The summed E-state index contributed by atoms with van der Waals surface area (Å²) < 4.78 is 32.9. The van der Waals surface area contributed by atoms with Crippen molar-refractivity contribution in [1.29, 1.82) is 0 Å². The van der Waals surface area contributed by atoms with E-state index in [1.54, 1.807) is 45.0 Å². The third-order valence-electron chi connectivity index (χ3n) is 4.60. The van der Waals surface area contributed by atoms with Crippen molar-refractivity contribution >= 4 is 27.4 Å². The van der Waals surface area contributed by atoms with Crippen LogP contribution in [0.5, 0.6) is 0 Å². The van der Waals surface area contributed by atoms with Crippen molar-refractivity contribution in [2.45, 2.75) is 43.7 Å². The zero-order chi connectivity index (χ0) is 21.4. The van der Waals surface area contributed by atoms with Crippen LogP contribution < -0.4 is 10.5 Å². The molecule has 0 spiro atoms. The molecule has 2 heterocycles. The van der Waals surface area contributed by atoms with Crippen LogP contribution in [0.3, 0.4) is 0 Å². The number of pyridine rings is 1. The Hall–Kier alpha value is -3.07. The summed E-state index contributed by atoms with van der Waals surface area (Å²) >= 11 is 0. The van der Waals surface area contributed by atoms with Gasteiger partial charge >= 0.3 is 5.97 Å². The van der Waals surface area contributed by atoms with E-state index in [4.69, 9.17) is 10.5 Å². The lowest BCUT2D eigenvalue weighted by molar-refractivity contribution is -0.155. The number of aromatic nitrogens is 1. The van der Waals surface area contributed by atoms with Gasteiger partial charge in [-0.25, -0.2) is 9.78 Å². The van der Waals surface area contributed by atoms with Crippen LogP contribution in [-0.4, -0.2) is 30.1 Å². The fraction of sp³-hybridized carbons (Fsp3) is 0.300.